The molecule has 8 heteroatoms. The fourth-order valence-electron chi connectivity index (χ4n) is 4.88. The van der Waals surface area contributed by atoms with E-state index >= 15 is 0 Å². The van der Waals surface area contributed by atoms with Crippen molar-refractivity contribution in [1.82, 2.24) is 14.5 Å². The Balaban J connectivity index is 1.52. The van der Waals surface area contributed by atoms with E-state index in [0.717, 1.165) is 29.5 Å². The molecule has 7 nitrogen and oxygen atoms in total. The number of nitrogens with zero attached hydrogens (tertiary/aromatic N) is 4. The molecule has 0 atom stereocenters. The number of hydrogen-bond donors (Lipinski definition) is 1. The predicted octanol–water partition coefficient (Wildman–Crippen LogP) is 5.73. The molecule has 0 radical (unpaired) electrons. The SMILES string of the molecule is CCOc1ccc(-n2c(O)c(/C=N/c3ncnc4sc5c(c34)CCCC5)c3ccccc3c2=O)cc1. The van der Waals surface area contributed by atoms with Crippen LogP contribution in [-0.2, 0) is 12.8 Å². The molecular formula is C28H24N4O3S. The van der Waals surface area contributed by atoms with Gasteiger partial charge < -0.3 is 9.84 Å². The average molecular weight is 497 g/mol. The van der Waals surface area contributed by atoms with Crippen LogP contribution >= 0.6 is 11.3 Å². The molecule has 0 aliphatic heterocycles. The van der Waals surface area contributed by atoms with Crippen LogP contribution in [0, 0.1) is 0 Å². The molecule has 0 unspecified atom stereocenters. The van der Waals surface area contributed by atoms with Crippen LogP contribution in [-0.4, -0.2) is 32.5 Å². The van der Waals surface area contributed by atoms with Gasteiger partial charge in [-0.1, -0.05) is 18.2 Å². The number of aryl methyl sites for hydroxylation is 2. The third kappa shape index (κ3) is 3.74. The summed E-state index contributed by atoms with van der Waals surface area (Å²) in [5, 5.41) is 13.5. The van der Waals surface area contributed by atoms with Crippen LogP contribution < -0.4 is 10.3 Å². The van der Waals surface area contributed by atoms with Crippen molar-refractivity contribution in [2.24, 2.45) is 4.99 Å². The van der Waals surface area contributed by atoms with E-state index in [2.05, 4.69) is 9.97 Å². The number of benzene rings is 2. The van der Waals surface area contributed by atoms with Crippen molar-refractivity contribution in [2.45, 2.75) is 32.6 Å². The number of pyridine rings is 1. The molecule has 0 bridgehead atoms. The van der Waals surface area contributed by atoms with Gasteiger partial charge in [0.05, 0.1) is 23.2 Å². The first-order valence-electron chi connectivity index (χ1n) is 12.0. The number of fused-ring (bicyclic) bond motifs is 4. The standard InChI is InChI=1S/C28H24N4O3S/c1-2-35-18-13-11-17(12-14-18)32-27(33)20-8-4-3-7-19(20)22(28(32)34)15-29-25-24-21-9-5-6-10-23(21)36-26(24)31-16-30-25/h3-4,7-8,11-16,34H,2,5-6,9-10H2,1H3/b29-15+. The van der Waals surface area contributed by atoms with Crippen molar-refractivity contribution >= 4 is 44.4 Å². The van der Waals surface area contributed by atoms with Crippen LogP contribution in [0.4, 0.5) is 5.82 Å². The van der Waals surface area contributed by atoms with E-state index in [1.807, 2.05) is 25.1 Å². The molecule has 36 heavy (non-hydrogen) atoms. The Morgan fingerprint density at radius 2 is 1.86 bits per heavy atom. The second-order valence-electron chi connectivity index (χ2n) is 8.70. The van der Waals surface area contributed by atoms with E-state index in [9.17, 15) is 9.90 Å². The molecule has 2 aromatic carbocycles. The molecule has 5 aromatic rings. The fraction of sp³-hybridized carbons (Fsp3) is 0.214. The number of rotatable bonds is 5. The van der Waals surface area contributed by atoms with Crippen molar-refractivity contribution in [3.8, 4) is 17.3 Å². The summed E-state index contributed by atoms with van der Waals surface area (Å²) in [7, 11) is 0. The van der Waals surface area contributed by atoms with Gasteiger partial charge in [0.2, 0.25) is 5.88 Å². The Morgan fingerprint density at radius 1 is 1.08 bits per heavy atom. The third-order valence-corrected chi connectivity index (χ3v) is 7.76. The second kappa shape index (κ2) is 9.20. The molecule has 0 fully saturated rings. The molecule has 3 aromatic heterocycles. The number of aromatic hydroxyl groups is 1. The predicted molar refractivity (Wildman–Crippen MR) is 144 cm³/mol. The van der Waals surface area contributed by atoms with Crippen LogP contribution in [0.5, 0.6) is 11.6 Å². The van der Waals surface area contributed by atoms with E-state index < -0.39 is 0 Å². The minimum Gasteiger partial charge on any atom is -0.494 e. The largest absolute Gasteiger partial charge is 0.494 e. The number of aromatic nitrogens is 3. The quantitative estimate of drug-likeness (QED) is 0.314. The molecule has 1 N–H and O–H groups in total. The van der Waals surface area contributed by atoms with Crippen LogP contribution in [0.2, 0.25) is 0 Å². The minimum absolute atomic E-state index is 0.177. The lowest BCUT2D eigenvalue weighted by atomic mass is 9.97. The molecular weight excluding hydrogens is 472 g/mol. The third-order valence-electron chi connectivity index (χ3n) is 6.56. The van der Waals surface area contributed by atoms with Gasteiger partial charge in [0.15, 0.2) is 5.82 Å². The summed E-state index contributed by atoms with van der Waals surface area (Å²) in [6.07, 6.45) is 7.56. The van der Waals surface area contributed by atoms with Crippen LogP contribution in [0.25, 0.3) is 26.7 Å². The Morgan fingerprint density at radius 3 is 2.67 bits per heavy atom. The zero-order valence-electron chi connectivity index (χ0n) is 19.8. The van der Waals surface area contributed by atoms with Gasteiger partial charge in [0.1, 0.15) is 16.9 Å². The summed E-state index contributed by atoms with van der Waals surface area (Å²) in [5.41, 5.74) is 1.98. The maximum atomic E-state index is 13.4. The zero-order chi connectivity index (χ0) is 24.6. The van der Waals surface area contributed by atoms with Crippen molar-refractivity contribution in [3.63, 3.8) is 0 Å². The first kappa shape index (κ1) is 22.4. The van der Waals surface area contributed by atoms with Gasteiger partial charge in [0.25, 0.3) is 5.56 Å². The number of aliphatic imine (C=N–C) groups is 1. The number of thiophene rings is 1. The summed E-state index contributed by atoms with van der Waals surface area (Å²) >= 11 is 1.72. The molecule has 1 aliphatic carbocycles. The fourth-order valence-corrected chi connectivity index (χ4v) is 6.11. The van der Waals surface area contributed by atoms with E-state index in [4.69, 9.17) is 9.73 Å². The van der Waals surface area contributed by atoms with Crippen molar-refractivity contribution < 1.29 is 9.84 Å². The van der Waals surface area contributed by atoms with Crippen molar-refractivity contribution in [2.75, 3.05) is 6.61 Å². The lowest BCUT2D eigenvalue weighted by Gasteiger charge is -2.14. The lowest BCUT2D eigenvalue weighted by molar-refractivity contribution is 0.340. The van der Waals surface area contributed by atoms with Crippen molar-refractivity contribution in [3.05, 3.63) is 81.2 Å². The zero-order valence-corrected chi connectivity index (χ0v) is 20.6. The maximum absolute atomic E-state index is 13.4. The topological polar surface area (TPSA) is 89.6 Å². The van der Waals surface area contributed by atoms with Gasteiger partial charge in [-0.15, -0.1) is 11.3 Å². The van der Waals surface area contributed by atoms with Crippen LogP contribution in [0.1, 0.15) is 35.8 Å². The highest BCUT2D eigenvalue weighted by molar-refractivity contribution is 7.19. The van der Waals surface area contributed by atoms with Crippen LogP contribution in [0.3, 0.4) is 0 Å². The van der Waals surface area contributed by atoms with E-state index in [1.165, 1.54) is 27.8 Å². The first-order chi connectivity index (χ1) is 17.7. The van der Waals surface area contributed by atoms with Gasteiger partial charge >= 0.3 is 0 Å². The van der Waals surface area contributed by atoms with E-state index in [1.54, 1.807) is 47.9 Å². The minimum atomic E-state index is -0.305. The Hall–Kier alpha value is -4.04. The summed E-state index contributed by atoms with van der Waals surface area (Å²) in [5.74, 6) is 1.11. The summed E-state index contributed by atoms with van der Waals surface area (Å²) in [6, 6.07) is 14.3. The Labute approximate surface area is 211 Å². The molecule has 0 saturated heterocycles. The molecule has 0 saturated carbocycles. The van der Waals surface area contributed by atoms with Gasteiger partial charge in [-0.25, -0.2) is 19.5 Å². The van der Waals surface area contributed by atoms with Gasteiger partial charge in [0, 0.05) is 21.9 Å². The highest BCUT2D eigenvalue weighted by Crippen LogP contribution is 2.39. The Bertz CT molecular complexity index is 1690. The molecule has 0 amide bonds. The van der Waals surface area contributed by atoms with E-state index in [0.29, 0.717) is 40.2 Å². The normalized spacial score (nSPS) is 13.5. The van der Waals surface area contributed by atoms with Gasteiger partial charge in [-0.3, -0.25) is 4.79 Å². The summed E-state index contributed by atoms with van der Waals surface area (Å²) < 4.78 is 6.83. The number of ether oxygens (including phenoxy) is 1. The molecule has 6 rings (SSSR count). The monoisotopic (exact) mass is 496 g/mol. The highest BCUT2D eigenvalue weighted by Gasteiger charge is 2.20. The molecule has 1 aliphatic rings. The number of hydrogen-bond acceptors (Lipinski definition) is 7. The summed E-state index contributed by atoms with van der Waals surface area (Å²) in [6.45, 7) is 2.46. The smallest absolute Gasteiger partial charge is 0.265 e. The maximum Gasteiger partial charge on any atom is 0.265 e. The van der Waals surface area contributed by atoms with Crippen LogP contribution in [0.15, 0.2) is 64.6 Å². The second-order valence-corrected chi connectivity index (χ2v) is 9.78. The summed E-state index contributed by atoms with van der Waals surface area (Å²) in [4.78, 5) is 29.4. The lowest BCUT2D eigenvalue weighted by Crippen LogP contribution is -2.20. The van der Waals surface area contributed by atoms with E-state index in [-0.39, 0.29) is 11.4 Å². The molecule has 0 spiro atoms. The molecule has 3 heterocycles. The Kier molecular flexibility index (Phi) is 5.73. The van der Waals surface area contributed by atoms with Gasteiger partial charge in [-0.2, -0.15) is 0 Å². The first-order valence-corrected chi connectivity index (χ1v) is 12.9. The van der Waals surface area contributed by atoms with Gasteiger partial charge in [-0.05, 0) is 68.5 Å². The molecule has 180 valence electrons. The van der Waals surface area contributed by atoms with Crippen molar-refractivity contribution in [1.29, 1.82) is 0 Å². The average Bonchev–Trinajstić information content (AvgIpc) is 3.29. The highest BCUT2D eigenvalue weighted by atomic mass is 32.1.